The second-order valence-corrected chi connectivity index (χ2v) is 5.57. The van der Waals surface area contributed by atoms with E-state index < -0.39 is 5.60 Å². The largest absolute Gasteiger partial charge is 0.497 e. The third kappa shape index (κ3) is 1.93. The van der Waals surface area contributed by atoms with Gasteiger partial charge in [0.25, 0.3) is 5.91 Å². The third-order valence-electron chi connectivity index (χ3n) is 4.39. The molecule has 2 aliphatic rings. The Morgan fingerprint density at radius 1 is 1.55 bits per heavy atom. The molecule has 4 heteroatoms. The lowest BCUT2D eigenvalue weighted by Gasteiger charge is -2.32. The van der Waals surface area contributed by atoms with E-state index in [1.807, 2.05) is 31.2 Å². The second kappa shape index (κ2) is 5.51. The maximum Gasteiger partial charge on any atom is 0.265 e. The summed E-state index contributed by atoms with van der Waals surface area (Å²) in [5, 5.41) is 0. The highest BCUT2D eigenvalue weighted by atomic mass is 16.5. The Bertz CT molecular complexity index is 673. The molecule has 114 valence electrons. The Morgan fingerprint density at radius 2 is 2.36 bits per heavy atom. The van der Waals surface area contributed by atoms with E-state index in [1.165, 1.54) is 0 Å². The van der Waals surface area contributed by atoms with Crippen molar-refractivity contribution in [3.63, 3.8) is 0 Å². The molecule has 2 aliphatic heterocycles. The summed E-state index contributed by atoms with van der Waals surface area (Å²) in [5.41, 5.74) is 0.644. The summed E-state index contributed by atoms with van der Waals surface area (Å²) in [6.45, 7) is 2.75. The van der Waals surface area contributed by atoms with Crippen LogP contribution in [-0.4, -0.2) is 26.2 Å². The van der Waals surface area contributed by atoms with Gasteiger partial charge < -0.3 is 9.47 Å². The summed E-state index contributed by atoms with van der Waals surface area (Å²) in [7, 11) is 1.61. The summed E-state index contributed by atoms with van der Waals surface area (Å²) in [4.78, 5) is 14.8. The number of anilines is 1. The monoisotopic (exact) mass is 297 g/mol. The molecular weight excluding hydrogens is 278 g/mol. The molecule has 2 heterocycles. The molecule has 0 aliphatic carbocycles. The lowest BCUT2D eigenvalue weighted by molar-refractivity contribution is -0.148. The summed E-state index contributed by atoms with van der Waals surface area (Å²) in [6.07, 6.45) is 10.4. The van der Waals surface area contributed by atoms with Gasteiger partial charge in [0.1, 0.15) is 5.75 Å². The van der Waals surface area contributed by atoms with Crippen molar-refractivity contribution in [2.75, 3.05) is 25.2 Å². The van der Waals surface area contributed by atoms with Crippen LogP contribution in [0.1, 0.15) is 18.9 Å². The number of carbonyl (C=O) groups excluding carboxylic acids is 1. The first-order valence-electron chi connectivity index (χ1n) is 7.39. The van der Waals surface area contributed by atoms with Gasteiger partial charge in [0.2, 0.25) is 0 Å². The number of fused-ring (bicyclic) bond motifs is 2. The van der Waals surface area contributed by atoms with E-state index in [-0.39, 0.29) is 18.4 Å². The lowest BCUT2D eigenvalue weighted by atomic mass is 9.83. The highest BCUT2D eigenvalue weighted by Crippen LogP contribution is 2.49. The fraction of sp³-hybridized carbons (Fsp3) is 0.389. The number of terminal acetylenes is 1. The van der Waals surface area contributed by atoms with Crippen molar-refractivity contribution in [3.8, 4) is 18.1 Å². The zero-order valence-corrected chi connectivity index (χ0v) is 12.8. The van der Waals surface area contributed by atoms with Gasteiger partial charge in [-0.3, -0.25) is 9.69 Å². The molecule has 4 nitrogen and oxygen atoms in total. The number of methoxy groups -OCH3 is 1. The van der Waals surface area contributed by atoms with Crippen molar-refractivity contribution < 1.29 is 14.3 Å². The molecular formula is C18H19NO3. The minimum atomic E-state index is -1.01. The van der Waals surface area contributed by atoms with Crippen molar-refractivity contribution >= 4 is 11.6 Å². The SMILES string of the molecule is C#CCN1C(=O)[C@]2(OCCC=C[C@H]2C)c2cc(OC)ccc21. The number of amides is 1. The molecule has 0 saturated heterocycles. The van der Waals surface area contributed by atoms with Crippen molar-refractivity contribution in [2.24, 2.45) is 5.92 Å². The van der Waals surface area contributed by atoms with Crippen LogP contribution in [0.25, 0.3) is 0 Å². The molecule has 0 bridgehead atoms. The number of carbonyl (C=O) groups is 1. The number of hydrogen-bond donors (Lipinski definition) is 0. The fourth-order valence-electron chi connectivity index (χ4n) is 3.28. The first-order chi connectivity index (χ1) is 10.6. The highest BCUT2D eigenvalue weighted by molar-refractivity contribution is 6.08. The molecule has 0 fully saturated rings. The number of nitrogens with zero attached hydrogens (tertiary/aromatic N) is 1. The van der Waals surface area contributed by atoms with Crippen molar-refractivity contribution in [1.82, 2.24) is 0 Å². The number of hydrogen-bond acceptors (Lipinski definition) is 3. The molecule has 1 aromatic carbocycles. The van der Waals surface area contributed by atoms with Crippen molar-refractivity contribution in [1.29, 1.82) is 0 Å². The van der Waals surface area contributed by atoms with Crippen LogP contribution in [0.15, 0.2) is 30.4 Å². The Kier molecular flexibility index (Phi) is 3.67. The van der Waals surface area contributed by atoms with Gasteiger partial charge in [0.05, 0.1) is 25.9 Å². The molecule has 3 rings (SSSR count). The Labute approximate surface area is 130 Å². The standard InChI is InChI=1S/C18H19NO3/c1-4-10-19-16-9-8-14(21-3)12-15(16)18(17(19)20)13(2)7-5-6-11-22-18/h1,5,7-9,12-13H,6,10-11H2,2-3H3/t13-,18-/m1/s1. The normalized spacial score (nSPS) is 26.7. The van der Waals surface area contributed by atoms with E-state index in [1.54, 1.807) is 12.0 Å². The van der Waals surface area contributed by atoms with Gasteiger partial charge in [0.15, 0.2) is 5.60 Å². The van der Waals surface area contributed by atoms with Gasteiger partial charge in [-0.05, 0) is 24.6 Å². The highest BCUT2D eigenvalue weighted by Gasteiger charge is 2.55. The van der Waals surface area contributed by atoms with Gasteiger partial charge in [-0.1, -0.05) is 25.0 Å². The van der Waals surface area contributed by atoms with Crippen LogP contribution < -0.4 is 9.64 Å². The smallest absolute Gasteiger partial charge is 0.265 e. The summed E-state index contributed by atoms with van der Waals surface area (Å²) in [6, 6.07) is 5.61. The van der Waals surface area contributed by atoms with E-state index in [4.69, 9.17) is 15.9 Å². The molecule has 1 amide bonds. The van der Waals surface area contributed by atoms with Crippen LogP contribution >= 0.6 is 0 Å². The Morgan fingerprint density at radius 3 is 3.09 bits per heavy atom. The van der Waals surface area contributed by atoms with E-state index >= 15 is 0 Å². The number of ether oxygens (including phenoxy) is 2. The average molecular weight is 297 g/mol. The van der Waals surface area contributed by atoms with Gasteiger partial charge in [-0.2, -0.15) is 0 Å². The Hall–Kier alpha value is -2.25. The predicted molar refractivity (Wildman–Crippen MR) is 84.7 cm³/mol. The number of rotatable bonds is 2. The average Bonchev–Trinajstić information content (AvgIpc) is 2.66. The molecule has 22 heavy (non-hydrogen) atoms. The third-order valence-corrected chi connectivity index (χ3v) is 4.39. The lowest BCUT2D eigenvalue weighted by Crippen LogP contribution is -2.46. The van der Waals surface area contributed by atoms with Gasteiger partial charge >= 0.3 is 0 Å². The molecule has 2 atom stereocenters. The summed E-state index contributed by atoms with van der Waals surface area (Å²) < 4.78 is 11.4. The first kappa shape index (κ1) is 14.7. The van der Waals surface area contributed by atoms with Crippen LogP contribution in [0.5, 0.6) is 5.75 Å². The van der Waals surface area contributed by atoms with E-state index in [9.17, 15) is 4.79 Å². The van der Waals surface area contributed by atoms with Crippen molar-refractivity contribution in [3.05, 3.63) is 35.9 Å². The van der Waals surface area contributed by atoms with Crippen LogP contribution in [0.3, 0.4) is 0 Å². The van der Waals surface area contributed by atoms with Crippen LogP contribution in [-0.2, 0) is 15.1 Å². The minimum Gasteiger partial charge on any atom is -0.497 e. The van der Waals surface area contributed by atoms with Crippen molar-refractivity contribution in [2.45, 2.75) is 18.9 Å². The van der Waals surface area contributed by atoms with E-state index in [2.05, 4.69) is 12.0 Å². The maximum absolute atomic E-state index is 13.1. The zero-order valence-electron chi connectivity index (χ0n) is 12.8. The van der Waals surface area contributed by atoms with Gasteiger partial charge in [0, 0.05) is 11.5 Å². The minimum absolute atomic E-state index is 0.0730. The van der Waals surface area contributed by atoms with Crippen LogP contribution in [0.2, 0.25) is 0 Å². The van der Waals surface area contributed by atoms with Gasteiger partial charge in [-0.25, -0.2) is 0 Å². The summed E-state index contributed by atoms with van der Waals surface area (Å²) >= 11 is 0. The molecule has 0 aromatic heterocycles. The van der Waals surface area contributed by atoms with Crippen LogP contribution in [0, 0.1) is 18.3 Å². The fourth-order valence-corrected chi connectivity index (χ4v) is 3.28. The quantitative estimate of drug-likeness (QED) is 0.622. The zero-order chi connectivity index (χ0) is 15.7. The predicted octanol–water partition coefficient (Wildman–Crippen LogP) is 2.48. The number of benzene rings is 1. The molecule has 1 spiro atoms. The van der Waals surface area contributed by atoms with Gasteiger partial charge in [-0.15, -0.1) is 6.42 Å². The topological polar surface area (TPSA) is 38.8 Å². The van der Waals surface area contributed by atoms with E-state index in [0.717, 1.165) is 17.7 Å². The molecule has 0 unspecified atom stereocenters. The molecule has 1 aromatic rings. The molecule has 0 N–H and O–H groups in total. The van der Waals surface area contributed by atoms with Crippen LogP contribution in [0.4, 0.5) is 5.69 Å². The first-order valence-corrected chi connectivity index (χ1v) is 7.39. The second-order valence-electron chi connectivity index (χ2n) is 5.57. The molecule has 0 radical (unpaired) electrons. The molecule has 0 saturated carbocycles. The Balaban J connectivity index is 2.21. The summed E-state index contributed by atoms with van der Waals surface area (Å²) in [5.74, 6) is 3.11. The van der Waals surface area contributed by atoms with E-state index in [0.29, 0.717) is 12.4 Å². The maximum atomic E-state index is 13.1.